The summed E-state index contributed by atoms with van der Waals surface area (Å²) in [6.45, 7) is 5.57. The Labute approximate surface area is 133 Å². The average Bonchev–Trinajstić information content (AvgIpc) is 3.05. The van der Waals surface area contributed by atoms with Crippen molar-refractivity contribution < 1.29 is 0 Å². The number of anilines is 1. The molecule has 5 heteroatoms. The van der Waals surface area contributed by atoms with Crippen LogP contribution in [0.4, 0.5) is 5.00 Å². The molecule has 1 aliphatic carbocycles. The van der Waals surface area contributed by atoms with Gasteiger partial charge in [-0.15, -0.1) is 22.7 Å². The van der Waals surface area contributed by atoms with Crippen molar-refractivity contribution in [2.75, 3.05) is 18.8 Å². The molecular weight excluding hydrogens is 298 g/mol. The third-order valence-electron chi connectivity index (χ3n) is 4.67. The third kappa shape index (κ3) is 2.31. The lowest BCUT2D eigenvalue weighted by Gasteiger charge is -2.25. The van der Waals surface area contributed by atoms with Crippen LogP contribution in [0.1, 0.15) is 40.8 Å². The number of nitrogens with zero attached hydrogens (tertiary/aromatic N) is 2. The molecule has 0 saturated heterocycles. The lowest BCUT2D eigenvalue weighted by molar-refractivity contribution is 0.272. The van der Waals surface area contributed by atoms with Gasteiger partial charge < -0.3 is 5.73 Å². The van der Waals surface area contributed by atoms with Gasteiger partial charge in [0.15, 0.2) is 0 Å². The number of hydrogen-bond donors (Lipinski definition) is 1. The molecule has 112 valence electrons. The summed E-state index contributed by atoms with van der Waals surface area (Å²) in [6, 6.07) is 0. The van der Waals surface area contributed by atoms with E-state index in [4.69, 9.17) is 10.7 Å². The van der Waals surface area contributed by atoms with E-state index in [1.807, 2.05) is 11.3 Å². The predicted molar refractivity (Wildman–Crippen MR) is 91.1 cm³/mol. The van der Waals surface area contributed by atoms with Crippen molar-refractivity contribution in [3.63, 3.8) is 0 Å². The van der Waals surface area contributed by atoms with E-state index >= 15 is 0 Å². The summed E-state index contributed by atoms with van der Waals surface area (Å²) >= 11 is 3.67. The Kier molecular flexibility index (Phi) is 3.52. The Morgan fingerprint density at radius 1 is 1.14 bits per heavy atom. The van der Waals surface area contributed by atoms with Crippen molar-refractivity contribution >= 4 is 27.7 Å². The summed E-state index contributed by atoms with van der Waals surface area (Å²) in [5.74, 6) is 0. The molecule has 21 heavy (non-hydrogen) atoms. The van der Waals surface area contributed by atoms with Gasteiger partial charge in [0.2, 0.25) is 0 Å². The maximum absolute atomic E-state index is 6.36. The Balaban J connectivity index is 1.75. The lowest BCUT2D eigenvalue weighted by Crippen LogP contribution is -2.29. The van der Waals surface area contributed by atoms with Gasteiger partial charge in [-0.1, -0.05) is 6.92 Å². The van der Waals surface area contributed by atoms with Gasteiger partial charge in [0.05, 0.1) is 10.7 Å². The molecule has 0 radical (unpaired) electrons. The van der Waals surface area contributed by atoms with Gasteiger partial charge in [-0.25, -0.2) is 4.98 Å². The number of aryl methyl sites for hydroxylation is 2. The molecule has 0 unspecified atom stereocenters. The minimum atomic E-state index is 0.976. The number of aromatic nitrogens is 1. The van der Waals surface area contributed by atoms with Crippen molar-refractivity contribution in [1.82, 2.24) is 9.88 Å². The first-order valence-electron chi connectivity index (χ1n) is 7.87. The lowest BCUT2D eigenvalue weighted by atomic mass is 10.0. The van der Waals surface area contributed by atoms with E-state index < -0.39 is 0 Å². The molecule has 0 fully saturated rings. The van der Waals surface area contributed by atoms with Crippen LogP contribution in [-0.2, 0) is 25.8 Å². The van der Waals surface area contributed by atoms with Crippen LogP contribution in [0.15, 0.2) is 0 Å². The Morgan fingerprint density at radius 2 is 2.00 bits per heavy atom. The van der Waals surface area contributed by atoms with Gasteiger partial charge in [0.25, 0.3) is 0 Å². The summed E-state index contributed by atoms with van der Waals surface area (Å²) in [4.78, 5) is 10.4. The fourth-order valence-corrected chi connectivity index (χ4v) is 5.90. The van der Waals surface area contributed by atoms with Gasteiger partial charge in [-0.2, -0.15) is 0 Å². The van der Waals surface area contributed by atoms with Crippen LogP contribution < -0.4 is 5.73 Å². The highest BCUT2D eigenvalue weighted by Gasteiger charge is 2.26. The molecule has 0 atom stereocenters. The monoisotopic (exact) mass is 319 g/mol. The van der Waals surface area contributed by atoms with Crippen LogP contribution in [0.3, 0.4) is 0 Å². The third-order valence-corrected chi connectivity index (χ3v) is 6.89. The van der Waals surface area contributed by atoms with E-state index in [1.165, 1.54) is 50.8 Å². The minimum absolute atomic E-state index is 0.976. The molecule has 2 N–H and O–H groups in total. The van der Waals surface area contributed by atoms with E-state index in [0.717, 1.165) is 37.5 Å². The average molecular weight is 319 g/mol. The first-order chi connectivity index (χ1) is 10.3. The summed E-state index contributed by atoms with van der Waals surface area (Å²) in [5, 5.41) is 2.16. The first kappa shape index (κ1) is 13.7. The smallest absolute Gasteiger partial charge is 0.127 e. The number of rotatable bonds is 2. The maximum atomic E-state index is 6.36. The molecule has 0 saturated carbocycles. The molecule has 3 heterocycles. The number of thiazole rings is 1. The summed E-state index contributed by atoms with van der Waals surface area (Å²) in [6.07, 6.45) is 6.09. The van der Waals surface area contributed by atoms with E-state index in [1.54, 1.807) is 11.3 Å². The normalized spacial score (nSPS) is 18.5. The fraction of sp³-hybridized carbons (Fsp3) is 0.562. The molecule has 0 spiro atoms. The number of hydrogen-bond acceptors (Lipinski definition) is 5. The molecule has 2 aromatic heterocycles. The highest BCUT2D eigenvalue weighted by molar-refractivity contribution is 7.18. The summed E-state index contributed by atoms with van der Waals surface area (Å²) in [7, 11) is 0. The largest absolute Gasteiger partial charge is 0.390 e. The first-order valence-corrected chi connectivity index (χ1v) is 9.51. The van der Waals surface area contributed by atoms with E-state index in [-0.39, 0.29) is 0 Å². The molecule has 4 rings (SSSR count). The van der Waals surface area contributed by atoms with Gasteiger partial charge in [0.1, 0.15) is 5.01 Å². The summed E-state index contributed by atoms with van der Waals surface area (Å²) < 4.78 is 0. The Morgan fingerprint density at radius 3 is 2.81 bits per heavy atom. The number of nitrogens with two attached hydrogens (primary N) is 1. The molecule has 3 nitrogen and oxygen atoms in total. The molecule has 2 aromatic rings. The van der Waals surface area contributed by atoms with Crippen molar-refractivity contribution in [1.29, 1.82) is 0 Å². The van der Waals surface area contributed by atoms with Gasteiger partial charge in [-0.05, 0) is 44.2 Å². The second-order valence-corrected chi connectivity index (χ2v) is 8.18. The number of thiophene rings is 1. The predicted octanol–water partition coefficient (Wildman–Crippen LogP) is 3.71. The van der Waals surface area contributed by atoms with Crippen LogP contribution in [0.25, 0.3) is 10.6 Å². The molecular formula is C16H21N3S2. The molecule has 0 bridgehead atoms. The highest BCUT2D eigenvalue weighted by Crippen LogP contribution is 2.44. The second kappa shape index (κ2) is 5.38. The number of likely N-dealkylation sites (N-methyl/N-ethyl adjacent to an activating group) is 1. The highest BCUT2D eigenvalue weighted by atomic mass is 32.1. The van der Waals surface area contributed by atoms with Crippen molar-refractivity contribution in [2.45, 2.75) is 45.6 Å². The SMILES string of the molecule is CCN1CCc2c(sc(N)c2-c2nc3c(s2)CCCC3)C1. The van der Waals surface area contributed by atoms with Crippen LogP contribution in [-0.4, -0.2) is 23.0 Å². The van der Waals surface area contributed by atoms with Gasteiger partial charge in [0, 0.05) is 28.4 Å². The zero-order valence-electron chi connectivity index (χ0n) is 12.4. The van der Waals surface area contributed by atoms with E-state index in [9.17, 15) is 0 Å². The zero-order valence-corrected chi connectivity index (χ0v) is 14.1. The van der Waals surface area contributed by atoms with Crippen LogP contribution in [0.2, 0.25) is 0 Å². The van der Waals surface area contributed by atoms with Crippen molar-refractivity contribution in [3.8, 4) is 10.6 Å². The molecule has 0 amide bonds. The Bertz CT molecular complexity index is 648. The topological polar surface area (TPSA) is 42.1 Å². The minimum Gasteiger partial charge on any atom is -0.390 e. The number of nitrogen functional groups attached to an aromatic ring is 1. The number of fused-ring (bicyclic) bond motifs is 2. The standard InChI is InChI=1S/C16H21N3S2/c1-2-19-8-7-10-13(9-19)20-15(17)14(10)16-18-11-5-3-4-6-12(11)21-16/h2-9,17H2,1H3. The van der Waals surface area contributed by atoms with E-state index in [2.05, 4.69) is 11.8 Å². The fourth-order valence-electron chi connectivity index (χ4n) is 3.44. The van der Waals surface area contributed by atoms with Gasteiger partial charge >= 0.3 is 0 Å². The van der Waals surface area contributed by atoms with Crippen molar-refractivity contribution in [3.05, 3.63) is 21.0 Å². The Hall–Kier alpha value is -0.910. The van der Waals surface area contributed by atoms with Gasteiger partial charge in [-0.3, -0.25) is 4.90 Å². The summed E-state index contributed by atoms with van der Waals surface area (Å²) in [5.41, 5.74) is 10.5. The zero-order chi connectivity index (χ0) is 14.4. The quantitative estimate of drug-likeness (QED) is 0.917. The molecule has 0 aromatic carbocycles. The van der Waals surface area contributed by atoms with Crippen LogP contribution in [0, 0.1) is 0 Å². The van der Waals surface area contributed by atoms with Crippen LogP contribution >= 0.6 is 22.7 Å². The van der Waals surface area contributed by atoms with Crippen LogP contribution in [0.5, 0.6) is 0 Å². The molecule has 2 aliphatic rings. The maximum Gasteiger partial charge on any atom is 0.127 e. The van der Waals surface area contributed by atoms with Crippen molar-refractivity contribution in [2.24, 2.45) is 0 Å². The second-order valence-electron chi connectivity index (χ2n) is 5.96. The van der Waals surface area contributed by atoms with E-state index in [0.29, 0.717) is 0 Å². The molecule has 1 aliphatic heterocycles.